The number of aromatic nitrogens is 2. The normalized spacial score (nSPS) is 28.2. The molecule has 2 aromatic heterocycles. The Balaban J connectivity index is 1.32. The number of hydrogen-bond acceptors (Lipinski definition) is 10. The van der Waals surface area contributed by atoms with Crippen LogP contribution >= 0.6 is 0 Å². The molecule has 4 aliphatic rings. The number of cyclic esters (lactones) is 1. The number of amides is 4. The molecular formula is C37H50N6O9S. The third-order valence-electron chi connectivity index (χ3n) is 10.6. The van der Waals surface area contributed by atoms with E-state index in [9.17, 15) is 32.4 Å². The Hall–Kier alpha value is -4.47. The molecule has 2 aliphatic heterocycles. The number of ether oxygens (including phenoxy) is 2. The average Bonchev–Trinajstić information content (AvgIpc) is 3.97. The lowest BCUT2D eigenvalue weighted by Gasteiger charge is -2.35. The minimum absolute atomic E-state index is 0.0420. The second kappa shape index (κ2) is 14.1. The van der Waals surface area contributed by atoms with Crippen LogP contribution in [0, 0.1) is 16.7 Å². The van der Waals surface area contributed by atoms with Crippen LogP contribution in [0.15, 0.2) is 30.5 Å². The Kier molecular flexibility index (Phi) is 10.2. The van der Waals surface area contributed by atoms with Gasteiger partial charge in [-0.05, 0) is 67.1 Å². The SMILES string of the molecule is CC[C@@H]1C[C@]1(NC(=O)[C@@H]1C[C@@H]2CN1C(=O)[C@H](C(C)(C)C)NC(=O)OCC(C)(C)CCC=Cc1cccc3nc(cn13)C(=O)O2)C(=O)NS(=O)(=O)C1CC1. The lowest BCUT2D eigenvalue weighted by atomic mass is 9.85. The van der Waals surface area contributed by atoms with Crippen molar-refractivity contribution >= 4 is 51.5 Å². The number of esters is 1. The summed E-state index contributed by atoms with van der Waals surface area (Å²) >= 11 is 0. The predicted octanol–water partition coefficient (Wildman–Crippen LogP) is 3.33. The minimum atomic E-state index is -3.89. The first-order valence-corrected chi connectivity index (χ1v) is 19.9. The average molecular weight is 755 g/mol. The quantitative estimate of drug-likeness (QED) is 0.369. The summed E-state index contributed by atoms with van der Waals surface area (Å²) in [5.74, 6) is -3.20. The van der Waals surface area contributed by atoms with Gasteiger partial charge in [0, 0.05) is 18.3 Å². The van der Waals surface area contributed by atoms with E-state index in [1.165, 1.54) is 4.90 Å². The summed E-state index contributed by atoms with van der Waals surface area (Å²) in [4.78, 5) is 74.7. The van der Waals surface area contributed by atoms with E-state index in [1.54, 1.807) is 37.4 Å². The molecule has 3 fully saturated rings. The molecule has 2 aliphatic carbocycles. The van der Waals surface area contributed by atoms with Crippen LogP contribution < -0.4 is 15.4 Å². The minimum Gasteiger partial charge on any atom is -0.456 e. The van der Waals surface area contributed by atoms with Gasteiger partial charge in [-0.25, -0.2) is 23.0 Å². The number of pyridine rings is 1. The van der Waals surface area contributed by atoms with Crippen molar-refractivity contribution in [3.8, 4) is 0 Å². The summed E-state index contributed by atoms with van der Waals surface area (Å²) < 4.78 is 40.8. The number of hydrogen-bond donors (Lipinski definition) is 3. The maximum Gasteiger partial charge on any atom is 0.407 e. The van der Waals surface area contributed by atoms with Crippen molar-refractivity contribution in [2.24, 2.45) is 16.7 Å². The fourth-order valence-corrected chi connectivity index (χ4v) is 8.50. The van der Waals surface area contributed by atoms with E-state index in [-0.39, 0.29) is 37.6 Å². The van der Waals surface area contributed by atoms with Crippen LogP contribution in [0.2, 0.25) is 0 Å². The highest BCUT2D eigenvalue weighted by Crippen LogP contribution is 2.47. The zero-order valence-electron chi connectivity index (χ0n) is 31.1. The van der Waals surface area contributed by atoms with Gasteiger partial charge in [0.15, 0.2) is 5.69 Å². The summed E-state index contributed by atoms with van der Waals surface area (Å²) in [6.45, 7) is 11.0. The van der Waals surface area contributed by atoms with Gasteiger partial charge in [-0.2, -0.15) is 0 Å². The van der Waals surface area contributed by atoms with E-state index in [1.807, 2.05) is 45.1 Å². The molecule has 1 saturated heterocycles. The number of sulfonamides is 1. The lowest BCUT2D eigenvalue weighted by molar-refractivity contribution is -0.143. The van der Waals surface area contributed by atoms with E-state index in [4.69, 9.17) is 9.47 Å². The second-order valence-corrected chi connectivity index (χ2v) is 18.6. The van der Waals surface area contributed by atoms with Crippen LogP contribution in [-0.4, -0.2) is 94.6 Å². The maximum absolute atomic E-state index is 14.5. The molecule has 0 aromatic carbocycles. The summed E-state index contributed by atoms with van der Waals surface area (Å²) in [7, 11) is -3.89. The fourth-order valence-electron chi connectivity index (χ4n) is 7.13. The van der Waals surface area contributed by atoms with Crippen molar-refractivity contribution in [2.75, 3.05) is 13.2 Å². The van der Waals surface area contributed by atoms with Gasteiger partial charge in [-0.3, -0.25) is 23.5 Å². The highest BCUT2D eigenvalue weighted by molar-refractivity contribution is 7.91. The Labute approximate surface area is 309 Å². The molecule has 4 bridgehead atoms. The molecule has 5 atom stereocenters. The molecule has 2 saturated carbocycles. The number of rotatable bonds is 6. The van der Waals surface area contributed by atoms with Crippen molar-refractivity contribution in [2.45, 2.75) is 115 Å². The number of nitrogens with one attached hydrogen (secondary N) is 3. The number of fused-ring (bicyclic) bond motifs is 3. The van der Waals surface area contributed by atoms with Crippen molar-refractivity contribution in [1.82, 2.24) is 29.6 Å². The second-order valence-electron chi connectivity index (χ2n) is 16.6. The molecule has 0 unspecified atom stereocenters. The van der Waals surface area contributed by atoms with Gasteiger partial charge in [-0.15, -0.1) is 0 Å². The van der Waals surface area contributed by atoms with E-state index >= 15 is 0 Å². The first-order valence-electron chi connectivity index (χ1n) is 18.3. The molecular weight excluding hydrogens is 705 g/mol. The Morgan fingerprint density at radius 3 is 2.53 bits per heavy atom. The van der Waals surface area contributed by atoms with Gasteiger partial charge >= 0.3 is 12.1 Å². The van der Waals surface area contributed by atoms with E-state index in [2.05, 4.69) is 20.3 Å². The number of carbonyl (C=O) groups excluding carboxylic acids is 5. The van der Waals surface area contributed by atoms with Crippen LogP contribution in [-0.2, 0) is 33.9 Å². The smallest absolute Gasteiger partial charge is 0.407 e. The Bertz CT molecular complexity index is 1950. The third-order valence-corrected chi connectivity index (χ3v) is 12.5. The molecule has 3 N–H and O–H groups in total. The molecule has 0 spiro atoms. The van der Waals surface area contributed by atoms with Gasteiger partial charge < -0.3 is 25.0 Å². The molecule has 15 nitrogen and oxygen atoms in total. The molecule has 4 heterocycles. The Morgan fingerprint density at radius 2 is 1.87 bits per heavy atom. The molecule has 53 heavy (non-hydrogen) atoms. The zero-order chi connectivity index (χ0) is 38.5. The van der Waals surface area contributed by atoms with Gasteiger partial charge in [0.05, 0.1) is 18.4 Å². The molecule has 0 radical (unpaired) electrons. The van der Waals surface area contributed by atoms with Gasteiger partial charge in [-0.1, -0.05) is 60.1 Å². The fraction of sp³-hybridized carbons (Fsp3) is 0.622. The zero-order valence-corrected chi connectivity index (χ0v) is 32.0. The van der Waals surface area contributed by atoms with Crippen LogP contribution in [0.25, 0.3) is 11.7 Å². The first kappa shape index (κ1) is 38.3. The monoisotopic (exact) mass is 754 g/mol. The van der Waals surface area contributed by atoms with Crippen molar-refractivity contribution < 1.29 is 41.9 Å². The number of imidazole rings is 1. The largest absolute Gasteiger partial charge is 0.456 e. The van der Waals surface area contributed by atoms with Gasteiger partial charge in [0.25, 0.3) is 5.91 Å². The standard InChI is InChI=1S/C37H50N6O9S/c1-7-22-18-37(22,33(47)41-53(49,50)25-14-15-25)40-30(44)27-17-24-19-43(27)31(45)29(35(2,3)4)39-34(48)51-21-36(5,6)16-9-8-11-23-12-10-13-28-38-26(20-42(23)28)32(46)52-24/h8,10-13,20,22,24-25,27,29H,7,9,14-19,21H2,1-6H3,(H,39,48)(H,40,44)(H,41,47)/t22-,24-,27+,29-,37-/m1/s1. The van der Waals surface area contributed by atoms with E-state index in [0.717, 1.165) is 5.69 Å². The highest BCUT2D eigenvalue weighted by atomic mass is 32.2. The van der Waals surface area contributed by atoms with Crippen molar-refractivity contribution in [3.63, 3.8) is 0 Å². The number of alkyl carbamates (subject to hydrolysis) is 1. The van der Waals surface area contributed by atoms with Crippen LogP contribution in [0.1, 0.15) is 103 Å². The molecule has 4 amide bonds. The number of nitrogens with zero attached hydrogens (tertiary/aromatic N) is 3. The van der Waals surface area contributed by atoms with Crippen LogP contribution in [0.3, 0.4) is 0 Å². The first-order chi connectivity index (χ1) is 24.8. The number of carbonyl (C=O) groups is 5. The Morgan fingerprint density at radius 1 is 1.13 bits per heavy atom. The summed E-state index contributed by atoms with van der Waals surface area (Å²) in [6, 6.07) is 3.10. The number of allylic oxidation sites excluding steroid dienone is 1. The lowest BCUT2D eigenvalue weighted by Crippen LogP contribution is -2.60. The summed E-state index contributed by atoms with van der Waals surface area (Å²) in [5, 5.41) is 4.88. The molecule has 288 valence electrons. The third kappa shape index (κ3) is 8.21. The molecule has 2 aromatic rings. The molecule has 6 rings (SSSR count). The predicted molar refractivity (Wildman–Crippen MR) is 194 cm³/mol. The van der Waals surface area contributed by atoms with Gasteiger partial charge in [0.2, 0.25) is 21.8 Å². The summed E-state index contributed by atoms with van der Waals surface area (Å²) in [5.41, 5.74) is -1.37. The van der Waals surface area contributed by atoms with Crippen LogP contribution in [0.4, 0.5) is 4.79 Å². The van der Waals surface area contributed by atoms with Crippen LogP contribution in [0.5, 0.6) is 0 Å². The topological polar surface area (TPSA) is 195 Å². The summed E-state index contributed by atoms with van der Waals surface area (Å²) in [6.07, 6.45) is 6.65. The maximum atomic E-state index is 14.5. The highest BCUT2D eigenvalue weighted by Gasteiger charge is 2.62. The van der Waals surface area contributed by atoms with Gasteiger partial charge in [0.1, 0.15) is 29.4 Å². The van der Waals surface area contributed by atoms with Crippen molar-refractivity contribution in [3.05, 3.63) is 41.9 Å². The van der Waals surface area contributed by atoms with E-state index in [0.29, 0.717) is 37.8 Å². The van der Waals surface area contributed by atoms with Crippen molar-refractivity contribution in [1.29, 1.82) is 0 Å². The molecule has 16 heteroatoms. The van der Waals surface area contributed by atoms with E-state index < -0.39 is 79.6 Å².